The van der Waals surface area contributed by atoms with Gasteiger partial charge in [0.15, 0.2) is 0 Å². The third kappa shape index (κ3) is 2.10. The van der Waals surface area contributed by atoms with Crippen LogP contribution in [0.3, 0.4) is 0 Å². The summed E-state index contributed by atoms with van der Waals surface area (Å²) in [5, 5.41) is 4.90. The molecule has 0 radical (unpaired) electrons. The lowest BCUT2D eigenvalue weighted by atomic mass is 10.5. The maximum absolute atomic E-state index is 11.0. The average molecular weight is 226 g/mol. The fraction of sp³-hybridized carbons (Fsp3) is 0.600. The third-order valence-corrected chi connectivity index (χ3v) is 2.55. The predicted octanol–water partition coefficient (Wildman–Crippen LogP) is -0.0911. The molecule has 0 saturated heterocycles. The van der Waals surface area contributed by atoms with Gasteiger partial charge in [-0.05, 0) is 6.42 Å². The van der Waals surface area contributed by atoms with Gasteiger partial charge in [-0.2, -0.15) is 0 Å². The minimum atomic E-state index is -3.94. The SMILES string of the molecule is CCCn1c(S(=O)(=O)Cl)n[nH]c1=O. The Morgan fingerprint density at radius 2 is 2.23 bits per heavy atom. The molecule has 1 heterocycles. The molecular weight excluding hydrogens is 218 g/mol. The quantitative estimate of drug-likeness (QED) is 0.729. The number of halogens is 1. The predicted molar refractivity (Wildman–Crippen MR) is 46.2 cm³/mol. The largest absolute Gasteiger partial charge is 0.344 e. The molecule has 0 aliphatic heterocycles. The molecule has 0 aliphatic rings. The Morgan fingerprint density at radius 3 is 2.69 bits per heavy atom. The molecule has 0 bridgehead atoms. The van der Waals surface area contributed by atoms with E-state index in [0.717, 1.165) is 4.57 Å². The lowest BCUT2D eigenvalue weighted by Gasteiger charge is -1.98. The van der Waals surface area contributed by atoms with E-state index < -0.39 is 19.9 Å². The van der Waals surface area contributed by atoms with Crippen molar-refractivity contribution >= 4 is 19.7 Å². The molecule has 0 fully saturated rings. The zero-order valence-corrected chi connectivity index (χ0v) is 8.39. The van der Waals surface area contributed by atoms with E-state index in [1.807, 2.05) is 12.0 Å². The molecule has 0 aliphatic carbocycles. The van der Waals surface area contributed by atoms with Crippen molar-refractivity contribution in [2.45, 2.75) is 25.0 Å². The molecule has 8 heteroatoms. The van der Waals surface area contributed by atoms with Crippen LogP contribution in [0, 0.1) is 0 Å². The van der Waals surface area contributed by atoms with E-state index in [2.05, 4.69) is 5.10 Å². The van der Waals surface area contributed by atoms with Crippen molar-refractivity contribution in [1.82, 2.24) is 14.8 Å². The standard InChI is InChI=1S/C5H8ClN3O3S/c1-2-3-9-4(10)7-8-5(9)13(6,11)12/h2-3H2,1H3,(H,7,10). The van der Waals surface area contributed by atoms with Gasteiger partial charge in [0.2, 0.25) is 0 Å². The summed E-state index contributed by atoms with van der Waals surface area (Å²) in [5.74, 6) is 0. The van der Waals surface area contributed by atoms with Gasteiger partial charge < -0.3 is 0 Å². The van der Waals surface area contributed by atoms with Gasteiger partial charge in [-0.25, -0.2) is 18.3 Å². The first-order chi connectivity index (χ1) is 5.96. The van der Waals surface area contributed by atoms with E-state index in [4.69, 9.17) is 10.7 Å². The Morgan fingerprint density at radius 1 is 1.62 bits per heavy atom. The smallest absolute Gasteiger partial charge is 0.265 e. The van der Waals surface area contributed by atoms with E-state index in [0.29, 0.717) is 6.42 Å². The Labute approximate surface area is 78.9 Å². The van der Waals surface area contributed by atoms with Crippen LogP contribution in [-0.2, 0) is 15.6 Å². The van der Waals surface area contributed by atoms with Crippen molar-refractivity contribution in [2.75, 3.05) is 0 Å². The first kappa shape index (κ1) is 10.3. The summed E-state index contributed by atoms with van der Waals surface area (Å²) in [6, 6.07) is 0. The second-order valence-electron chi connectivity index (χ2n) is 2.40. The van der Waals surface area contributed by atoms with Crippen LogP contribution in [0.1, 0.15) is 13.3 Å². The van der Waals surface area contributed by atoms with Crippen LogP contribution in [0.25, 0.3) is 0 Å². The molecule has 0 spiro atoms. The lowest BCUT2D eigenvalue weighted by Crippen LogP contribution is -2.19. The van der Waals surface area contributed by atoms with Gasteiger partial charge in [0.1, 0.15) is 0 Å². The number of H-pyrrole nitrogens is 1. The first-order valence-corrected chi connectivity index (χ1v) is 5.87. The number of aromatic nitrogens is 3. The zero-order valence-electron chi connectivity index (χ0n) is 6.82. The van der Waals surface area contributed by atoms with Gasteiger partial charge in [-0.15, -0.1) is 5.10 Å². The average Bonchev–Trinajstić information content (AvgIpc) is 2.32. The van der Waals surface area contributed by atoms with Gasteiger partial charge >= 0.3 is 5.69 Å². The highest BCUT2D eigenvalue weighted by molar-refractivity contribution is 8.13. The Balaban J connectivity index is 3.32. The van der Waals surface area contributed by atoms with Gasteiger partial charge in [0.05, 0.1) is 0 Å². The minimum absolute atomic E-state index is 0.274. The number of nitrogens with zero attached hydrogens (tertiary/aromatic N) is 2. The summed E-state index contributed by atoms with van der Waals surface area (Å²) < 4.78 is 22.7. The number of nitrogens with one attached hydrogen (secondary N) is 1. The molecule has 0 unspecified atom stereocenters. The van der Waals surface area contributed by atoms with E-state index in [-0.39, 0.29) is 6.54 Å². The topological polar surface area (TPSA) is 84.8 Å². The summed E-state index contributed by atoms with van der Waals surface area (Å²) in [6.07, 6.45) is 0.624. The molecular formula is C5H8ClN3O3S. The van der Waals surface area contributed by atoms with Gasteiger partial charge in [-0.1, -0.05) is 6.92 Å². The zero-order chi connectivity index (χ0) is 10.1. The molecule has 1 aromatic heterocycles. The third-order valence-electron chi connectivity index (χ3n) is 1.39. The lowest BCUT2D eigenvalue weighted by molar-refractivity contribution is 0.561. The maximum atomic E-state index is 11.0. The molecule has 13 heavy (non-hydrogen) atoms. The fourth-order valence-corrected chi connectivity index (χ4v) is 1.86. The van der Waals surface area contributed by atoms with Crippen molar-refractivity contribution in [3.63, 3.8) is 0 Å². The molecule has 0 saturated carbocycles. The van der Waals surface area contributed by atoms with Gasteiger partial charge in [-0.3, -0.25) is 4.57 Å². The minimum Gasteiger partial charge on any atom is -0.265 e. The molecule has 1 aromatic rings. The molecule has 0 atom stereocenters. The summed E-state index contributed by atoms with van der Waals surface area (Å²) in [4.78, 5) is 11.0. The number of hydrogen-bond donors (Lipinski definition) is 1. The molecule has 1 N–H and O–H groups in total. The number of hydrogen-bond acceptors (Lipinski definition) is 4. The van der Waals surface area contributed by atoms with Crippen molar-refractivity contribution in [3.8, 4) is 0 Å². The highest BCUT2D eigenvalue weighted by Crippen LogP contribution is 2.08. The molecule has 0 aromatic carbocycles. The second kappa shape index (κ2) is 3.51. The van der Waals surface area contributed by atoms with Crippen molar-refractivity contribution in [2.24, 2.45) is 0 Å². The molecule has 0 amide bonds. The summed E-state index contributed by atoms with van der Waals surface area (Å²) in [7, 11) is 1.10. The highest BCUT2D eigenvalue weighted by atomic mass is 35.7. The van der Waals surface area contributed by atoms with E-state index in [1.54, 1.807) is 0 Å². The van der Waals surface area contributed by atoms with Crippen LogP contribution in [0.4, 0.5) is 0 Å². The van der Waals surface area contributed by atoms with Crippen molar-refractivity contribution < 1.29 is 8.42 Å². The maximum Gasteiger partial charge on any atom is 0.344 e. The van der Waals surface area contributed by atoms with Crippen LogP contribution in [-0.4, -0.2) is 23.2 Å². The van der Waals surface area contributed by atoms with E-state index >= 15 is 0 Å². The first-order valence-electron chi connectivity index (χ1n) is 3.56. The normalized spacial score (nSPS) is 11.8. The van der Waals surface area contributed by atoms with E-state index in [1.165, 1.54) is 0 Å². The van der Waals surface area contributed by atoms with Crippen LogP contribution < -0.4 is 5.69 Å². The van der Waals surface area contributed by atoms with Crippen molar-refractivity contribution in [3.05, 3.63) is 10.5 Å². The monoisotopic (exact) mass is 225 g/mol. The number of rotatable bonds is 3. The van der Waals surface area contributed by atoms with Crippen LogP contribution in [0.15, 0.2) is 9.95 Å². The van der Waals surface area contributed by atoms with Crippen LogP contribution in [0.2, 0.25) is 0 Å². The van der Waals surface area contributed by atoms with Gasteiger partial charge in [0.25, 0.3) is 14.2 Å². The molecule has 6 nitrogen and oxygen atoms in total. The van der Waals surface area contributed by atoms with Crippen molar-refractivity contribution in [1.29, 1.82) is 0 Å². The molecule has 74 valence electrons. The highest BCUT2D eigenvalue weighted by Gasteiger charge is 2.19. The van der Waals surface area contributed by atoms with Crippen LogP contribution >= 0.6 is 10.7 Å². The van der Waals surface area contributed by atoms with Gasteiger partial charge in [0, 0.05) is 17.2 Å². The summed E-state index contributed by atoms with van der Waals surface area (Å²) >= 11 is 0. The fourth-order valence-electron chi connectivity index (χ4n) is 0.910. The molecule has 1 rings (SSSR count). The Bertz CT molecular complexity index is 446. The Hall–Kier alpha value is -0.820. The number of aromatic amines is 1. The summed E-state index contributed by atoms with van der Waals surface area (Å²) in [6.45, 7) is 2.08. The Kier molecular flexibility index (Phi) is 2.77. The second-order valence-corrected chi connectivity index (χ2v) is 4.86. The summed E-state index contributed by atoms with van der Waals surface area (Å²) in [5.41, 5.74) is -0.568. The van der Waals surface area contributed by atoms with Crippen LogP contribution in [0.5, 0.6) is 0 Å². The van der Waals surface area contributed by atoms with E-state index in [9.17, 15) is 13.2 Å².